The maximum absolute atomic E-state index is 11.8. The minimum Gasteiger partial charge on any atom is -0.396 e. The van der Waals surface area contributed by atoms with Gasteiger partial charge in [-0.2, -0.15) is 0 Å². The molecular weight excluding hydrogens is 238 g/mol. The number of carbonyl (C=O) groups excluding carboxylic acids is 1. The predicted molar refractivity (Wildman–Crippen MR) is 66.8 cm³/mol. The highest BCUT2D eigenvalue weighted by molar-refractivity contribution is 6.31. The number of likely N-dealkylation sites (tertiary alicyclic amines) is 1. The second-order valence-corrected chi connectivity index (χ2v) is 4.90. The first-order valence-corrected chi connectivity index (χ1v) is 6.16. The molecule has 1 N–H and O–H groups in total. The number of halogens is 1. The number of aliphatic hydroxyl groups excluding tert-OH is 1. The van der Waals surface area contributed by atoms with Crippen molar-refractivity contribution < 1.29 is 9.90 Å². The SMILES string of the molecule is CC(c1ccccc1Cl)N1CC(CO)CC1=O. The lowest BCUT2D eigenvalue weighted by Gasteiger charge is -2.25. The lowest BCUT2D eigenvalue weighted by molar-refractivity contribution is -0.129. The molecule has 0 bridgehead atoms. The molecule has 4 heteroatoms. The molecule has 2 atom stereocenters. The summed E-state index contributed by atoms with van der Waals surface area (Å²) in [5.74, 6) is 0.156. The zero-order chi connectivity index (χ0) is 12.4. The lowest BCUT2D eigenvalue weighted by Crippen LogP contribution is -2.29. The standard InChI is InChI=1S/C13H16ClNO2/c1-9(11-4-2-3-5-12(11)14)15-7-10(8-16)6-13(15)17/h2-5,9-10,16H,6-8H2,1H3. The van der Waals surface area contributed by atoms with E-state index in [0.29, 0.717) is 18.0 Å². The molecule has 2 rings (SSSR count). The van der Waals surface area contributed by atoms with E-state index in [2.05, 4.69) is 0 Å². The van der Waals surface area contributed by atoms with Gasteiger partial charge in [0.05, 0.1) is 6.04 Å². The molecule has 1 fully saturated rings. The monoisotopic (exact) mass is 253 g/mol. The predicted octanol–water partition coefficient (Wildman–Crippen LogP) is 2.24. The quantitative estimate of drug-likeness (QED) is 0.898. The number of hydrogen-bond donors (Lipinski definition) is 1. The number of amides is 1. The molecule has 1 aliphatic rings. The van der Waals surface area contributed by atoms with Crippen molar-refractivity contribution in [2.75, 3.05) is 13.2 Å². The van der Waals surface area contributed by atoms with Crippen LogP contribution in [0.3, 0.4) is 0 Å². The van der Waals surface area contributed by atoms with Gasteiger partial charge in [-0.1, -0.05) is 29.8 Å². The highest BCUT2D eigenvalue weighted by Gasteiger charge is 2.33. The molecule has 1 aromatic carbocycles. The van der Waals surface area contributed by atoms with Crippen LogP contribution in [0, 0.1) is 5.92 Å². The van der Waals surface area contributed by atoms with Crippen LogP contribution in [-0.2, 0) is 4.79 Å². The van der Waals surface area contributed by atoms with Gasteiger partial charge in [-0.3, -0.25) is 4.79 Å². The first-order chi connectivity index (χ1) is 8.13. The summed E-state index contributed by atoms with van der Waals surface area (Å²) in [5, 5.41) is 9.78. The molecule has 3 nitrogen and oxygen atoms in total. The number of carbonyl (C=O) groups is 1. The van der Waals surface area contributed by atoms with Crippen LogP contribution in [0.1, 0.15) is 24.9 Å². The summed E-state index contributed by atoms with van der Waals surface area (Å²) in [6, 6.07) is 7.53. The van der Waals surface area contributed by atoms with Crippen LogP contribution >= 0.6 is 11.6 Å². The zero-order valence-corrected chi connectivity index (χ0v) is 10.5. The third-order valence-electron chi connectivity index (χ3n) is 3.32. The van der Waals surface area contributed by atoms with Gasteiger partial charge in [-0.25, -0.2) is 0 Å². The van der Waals surface area contributed by atoms with Gasteiger partial charge in [0.25, 0.3) is 0 Å². The van der Waals surface area contributed by atoms with Crippen LogP contribution in [-0.4, -0.2) is 29.1 Å². The molecule has 1 aromatic rings. The van der Waals surface area contributed by atoms with E-state index in [1.165, 1.54) is 0 Å². The third kappa shape index (κ3) is 2.45. The number of rotatable bonds is 3. The third-order valence-corrected chi connectivity index (χ3v) is 3.66. The van der Waals surface area contributed by atoms with Crippen molar-refractivity contribution in [1.82, 2.24) is 4.90 Å². The van der Waals surface area contributed by atoms with Crippen molar-refractivity contribution in [2.24, 2.45) is 5.92 Å². The molecule has 0 aliphatic carbocycles. The number of hydrogen-bond acceptors (Lipinski definition) is 2. The summed E-state index contributed by atoms with van der Waals surface area (Å²) < 4.78 is 0. The molecule has 0 spiro atoms. The van der Waals surface area contributed by atoms with Crippen LogP contribution in [0.5, 0.6) is 0 Å². The summed E-state index contributed by atoms with van der Waals surface area (Å²) in [4.78, 5) is 13.6. The summed E-state index contributed by atoms with van der Waals surface area (Å²) in [6.45, 7) is 2.65. The number of benzene rings is 1. The Morgan fingerprint density at radius 2 is 2.24 bits per heavy atom. The molecule has 17 heavy (non-hydrogen) atoms. The molecule has 0 radical (unpaired) electrons. The van der Waals surface area contributed by atoms with Crippen molar-refractivity contribution >= 4 is 17.5 Å². The van der Waals surface area contributed by atoms with Gasteiger partial charge in [0.2, 0.25) is 5.91 Å². The molecule has 1 heterocycles. The highest BCUT2D eigenvalue weighted by Crippen LogP contribution is 2.31. The van der Waals surface area contributed by atoms with Gasteiger partial charge >= 0.3 is 0 Å². The Bertz CT molecular complexity index is 422. The Hall–Kier alpha value is -1.06. The van der Waals surface area contributed by atoms with Gasteiger partial charge in [0.1, 0.15) is 0 Å². The van der Waals surface area contributed by atoms with E-state index < -0.39 is 0 Å². The van der Waals surface area contributed by atoms with E-state index in [0.717, 1.165) is 5.56 Å². The van der Waals surface area contributed by atoms with Gasteiger partial charge < -0.3 is 10.0 Å². The normalized spacial score (nSPS) is 21.9. The minimum atomic E-state index is -0.0345. The molecule has 1 saturated heterocycles. The van der Waals surface area contributed by atoms with Crippen molar-refractivity contribution in [3.05, 3.63) is 34.9 Å². The zero-order valence-electron chi connectivity index (χ0n) is 9.77. The minimum absolute atomic E-state index is 0.0345. The fourth-order valence-corrected chi connectivity index (χ4v) is 2.58. The van der Waals surface area contributed by atoms with Crippen molar-refractivity contribution in [1.29, 1.82) is 0 Å². The van der Waals surface area contributed by atoms with Gasteiger partial charge in [0, 0.05) is 30.5 Å². The summed E-state index contributed by atoms with van der Waals surface area (Å²) in [5.41, 5.74) is 0.959. The fraction of sp³-hybridized carbons (Fsp3) is 0.462. The van der Waals surface area contributed by atoms with Gasteiger partial charge in [0.15, 0.2) is 0 Å². The van der Waals surface area contributed by atoms with E-state index in [1.54, 1.807) is 4.90 Å². The molecule has 1 amide bonds. The second kappa shape index (κ2) is 5.07. The summed E-state index contributed by atoms with van der Waals surface area (Å²) >= 11 is 6.13. The van der Waals surface area contributed by atoms with Crippen LogP contribution < -0.4 is 0 Å². The van der Waals surface area contributed by atoms with Crippen LogP contribution in [0.15, 0.2) is 24.3 Å². The molecule has 1 aliphatic heterocycles. The highest BCUT2D eigenvalue weighted by atomic mass is 35.5. The van der Waals surface area contributed by atoms with E-state index in [1.807, 2.05) is 31.2 Å². The Balaban J connectivity index is 2.18. The van der Waals surface area contributed by atoms with Crippen molar-refractivity contribution in [2.45, 2.75) is 19.4 Å². The molecule has 0 saturated carbocycles. The van der Waals surface area contributed by atoms with E-state index in [9.17, 15) is 4.79 Å². The van der Waals surface area contributed by atoms with Crippen molar-refractivity contribution in [3.63, 3.8) is 0 Å². The Morgan fingerprint density at radius 3 is 2.82 bits per heavy atom. The summed E-state index contributed by atoms with van der Waals surface area (Å²) in [6.07, 6.45) is 0.436. The van der Waals surface area contributed by atoms with Gasteiger partial charge in [-0.05, 0) is 18.6 Å². The molecule has 0 aromatic heterocycles. The Labute approximate surface area is 106 Å². The average Bonchev–Trinajstić information content (AvgIpc) is 2.70. The molecular formula is C13H16ClNO2. The topological polar surface area (TPSA) is 40.5 Å². The fourth-order valence-electron chi connectivity index (χ4n) is 2.29. The van der Waals surface area contributed by atoms with E-state index in [-0.39, 0.29) is 24.5 Å². The largest absolute Gasteiger partial charge is 0.396 e. The smallest absolute Gasteiger partial charge is 0.223 e. The lowest BCUT2D eigenvalue weighted by atomic mass is 10.1. The Kier molecular flexibility index (Phi) is 3.69. The van der Waals surface area contributed by atoms with E-state index >= 15 is 0 Å². The van der Waals surface area contributed by atoms with E-state index in [4.69, 9.17) is 16.7 Å². The average molecular weight is 254 g/mol. The summed E-state index contributed by atoms with van der Waals surface area (Å²) in [7, 11) is 0. The van der Waals surface area contributed by atoms with Crippen molar-refractivity contribution in [3.8, 4) is 0 Å². The van der Waals surface area contributed by atoms with Crippen LogP contribution in [0.4, 0.5) is 0 Å². The van der Waals surface area contributed by atoms with Crippen LogP contribution in [0.25, 0.3) is 0 Å². The first kappa shape index (κ1) is 12.4. The molecule has 92 valence electrons. The number of aliphatic hydroxyl groups is 1. The van der Waals surface area contributed by atoms with Crippen LogP contribution in [0.2, 0.25) is 5.02 Å². The van der Waals surface area contributed by atoms with Gasteiger partial charge in [-0.15, -0.1) is 0 Å². The Morgan fingerprint density at radius 1 is 1.53 bits per heavy atom. The first-order valence-electron chi connectivity index (χ1n) is 5.78. The maximum Gasteiger partial charge on any atom is 0.223 e. The second-order valence-electron chi connectivity index (χ2n) is 4.50. The maximum atomic E-state index is 11.8. The molecule has 2 unspecified atom stereocenters. The number of nitrogens with zero attached hydrogens (tertiary/aromatic N) is 1.